The average molecular weight is 210 g/mol. The first-order valence-corrected chi connectivity index (χ1v) is 5.11. The van der Waals surface area contributed by atoms with Crippen LogP contribution in [0, 0.1) is 0 Å². The van der Waals surface area contributed by atoms with Gasteiger partial charge in [0.1, 0.15) is 12.4 Å². The predicted molar refractivity (Wildman–Crippen MR) is 59.2 cm³/mol. The highest BCUT2D eigenvalue weighted by molar-refractivity contribution is 5.20. The molecule has 0 fully saturated rings. The summed E-state index contributed by atoms with van der Waals surface area (Å²) in [6.45, 7) is 3.74. The summed E-state index contributed by atoms with van der Waals surface area (Å²) in [6, 6.07) is 9.72. The van der Waals surface area contributed by atoms with Gasteiger partial charge in [-0.15, -0.1) is 0 Å². The molecule has 0 radical (unpaired) electrons. The van der Waals surface area contributed by atoms with Crippen molar-refractivity contribution in [2.45, 2.75) is 13.0 Å². The van der Waals surface area contributed by atoms with Gasteiger partial charge in [0.15, 0.2) is 0 Å². The lowest BCUT2D eigenvalue weighted by molar-refractivity contribution is -0.00214. The average Bonchev–Trinajstić information content (AvgIpc) is 2.26. The SMILES string of the molecule is COCC(C)OCCOc1ccccc1. The second-order valence-corrected chi connectivity index (χ2v) is 3.30. The normalized spacial score (nSPS) is 12.4. The molecule has 84 valence electrons. The van der Waals surface area contributed by atoms with Crippen LogP contribution in [-0.4, -0.2) is 33.0 Å². The van der Waals surface area contributed by atoms with Crippen LogP contribution >= 0.6 is 0 Å². The minimum atomic E-state index is 0.120. The van der Waals surface area contributed by atoms with Gasteiger partial charge in [-0.2, -0.15) is 0 Å². The Morgan fingerprint density at radius 3 is 2.53 bits per heavy atom. The van der Waals surface area contributed by atoms with Crippen molar-refractivity contribution in [2.24, 2.45) is 0 Å². The largest absolute Gasteiger partial charge is 0.491 e. The highest BCUT2D eigenvalue weighted by Gasteiger charge is 2.00. The number of rotatable bonds is 7. The van der Waals surface area contributed by atoms with E-state index in [4.69, 9.17) is 14.2 Å². The fourth-order valence-electron chi connectivity index (χ4n) is 1.21. The zero-order valence-corrected chi connectivity index (χ0v) is 9.31. The summed E-state index contributed by atoms with van der Waals surface area (Å²) in [4.78, 5) is 0. The second kappa shape index (κ2) is 7.26. The van der Waals surface area contributed by atoms with E-state index in [9.17, 15) is 0 Å². The molecule has 1 unspecified atom stereocenters. The third kappa shape index (κ3) is 5.40. The van der Waals surface area contributed by atoms with Crippen molar-refractivity contribution in [2.75, 3.05) is 26.9 Å². The lowest BCUT2D eigenvalue weighted by Gasteiger charge is -2.12. The van der Waals surface area contributed by atoms with Gasteiger partial charge >= 0.3 is 0 Å². The molecular weight excluding hydrogens is 192 g/mol. The van der Waals surface area contributed by atoms with Crippen molar-refractivity contribution >= 4 is 0 Å². The first-order valence-electron chi connectivity index (χ1n) is 5.11. The maximum absolute atomic E-state index is 5.47. The number of hydrogen-bond donors (Lipinski definition) is 0. The fourth-order valence-corrected chi connectivity index (χ4v) is 1.21. The van der Waals surface area contributed by atoms with Crippen molar-refractivity contribution in [1.29, 1.82) is 0 Å². The molecule has 0 heterocycles. The lowest BCUT2D eigenvalue weighted by Crippen LogP contribution is -2.18. The zero-order valence-electron chi connectivity index (χ0n) is 9.31. The fraction of sp³-hybridized carbons (Fsp3) is 0.500. The Bertz CT molecular complexity index is 248. The molecule has 0 aliphatic rings. The van der Waals surface area contributed by atoms with Crippen LogP contribution in [0.2, 0.25) is 0 Å². The summed E-state index contributed by atoms with van der Waals surface area (Å²) < 4.78 is 15.9. The second-order valence-electron chi connectivity index (χ2n) is 3.30. The van der Waals surface area contributed by atoms with Crippen molar-refractivity contribution < 1.29 is 14.2 Å². The lowest BCUT2D eigenvalue weighted by atomic mass is 10.3. The highest BCUT2D eigenvalue weighted by atomic mass is 16.5. The maximum Gasteiger partial charge on any atom is 0.119 e. The van der Waals surface area contributed by atoms with Gasteiger partial charge in [0, 0.05) is 7.11 Å². The minimum Gasteiger partial charge on any atom is -0.491 e. The van der Waals surface area contributed by atoms with E-state index in [0.29, 0.717) is 19.8 Å². The van der Waals surface area contributed by atoms with E-state index in [1.807, 2.05) is 37.3 Å². The predicted octanol–water partition coefficient (Wildman–Crippen LogP) is 2.12. The maximum atomic E-state index is 5.47. The van der Waals surface area contributed by atoms with Gasteiger partial charge in [0.05, 0.1) is 19.3 Å². The van der Waals surface area contributed by atoms with Gasteiger partial charge < -0.3 is 14.2 Å². The van der Waals surface area contributed by atoms with Crippen LogP contribution in [0.4, 0.5) is 0 Å². The molecule has 0 saturated heterocycles. The molecule has 15 heavy (non-hydrogen) atoms. The molecule has 0 saturated carbocycles. The molecule has 1 rings (SSSR count). The van der Waals surface area contributed by atoms with Crippen molar-refractivity contribution in [3.63, 3.8) is 0 Å². The summed E-state index contributed by atoms with van der Waals surface area (Å²) in [5.41, 5.74) is 0. The summed E-state index contributed by atoms with van der Waals surface area (Å²) in [6.07, 6.45) is 0.120. The highest BCUT2D eigenvalue weighted by Crippen LogP contribution is 2.07. The Morgan fingerprint density at radius 2 is 1.87 bits per heavy atom. The first kappa shape index (κ1) is 12.0. The monoisotopic (exact) mass is 210 g/mol. The van der Waals surface area contributed by atoms with E-state index in [2.05, 4.69) is 0 Å². The molecule has 0 aromatic heterocycles. The van der Waals surface area contributed by atoms with Gasteiger partial charge in [0.2, 0.25) is 0 Å². The summed E-state index contributed by atoms with van der Waals surface area (Å²) in [5.74, 6) is 0.875. The standard InChI is InChI=1S/C12H18O3/c1-11(10-13-2)14-8-9-15-12-6-4-3-5-7-12/h3-7,11H,8-10H2,1-2H3. The van der Waals surface area contributed by atoms with E-state index in [-0.39, 0.29) is 6.10 Å². The molecule has 0 amide bonds. The van der Waals surface area contributed by atoms with E-state index < -0.39 is 0 Å². The molecule has 0 bridgehead atoms. The summed E-state index contributed by atoms with van der Waals surface area (Å²) in [7, 11) is 1.67. The third-order valence-electron chi connectivity index (χ3n) is 1.90. The van der Waals surface area contributed by atoms with Crippen molar-refractivity contribution in [3.05, 3.63) is 30.3 Å². The van der Waals surface area contributed by atoms with Gasteiger partial charge in [0.25, 0.3) is 0 Å². The first-order chi connectivity index (χ1) is 7.33. The molecule has 0 spiro atoms. The molecule has 0 N–H and O–H groups in total. The number of hydrogen-bond acceptors (Lipinski definition) is 3. The van der Waals surface area contributed by atoms with Gasteiger partial charge in [-0.1, -0.05) is 18.2 Å². The van der Waals surface area contributed by atoms with Gasteiger partial charge in [-0.25, -0.2) is 0 Å². The Balaban J connectivity index is 2.07. The Labute approximate surface area is 91.0 Å². The quantitative estimate of drug-likeness (QED) is 0.645. The van der Waals surface area contributed by atoms with E-state index in [1.165, 1.54) is 0 Å². The minimum absolute atomic E-state index is 0.120. The Kier molecular flexibility index (Phi) is 5.81. The van der Waals surface area contributed by atoms with Crippen LogP contribution in [-0.2, 0) is 9.47 Å². The van der Waals surface area contributed by atoms with Crippen molar-refractivity contribution in [1.82, 2.24) is 0 Å². The van der Waals surface area contributed by atoms with Crippen LogP contribution in [0.1, 0.15) is 6.92 Å². The molecule has 3 heteroatoms. The summed E-state index contributed by atoms with van der Waals surface area (Å²) in [5, 5.41) is 0. The number of para-hydroxylation sites is 1. The molecule has 3 nitrogen and oxygen atoms in total. The van der Waals surface area contributed by atoms with Crippen molar-refractivity contribution in [3.8, 4) is 5.75 Å². The van der Waals surface area contributed by atoms with E-state index >= 15 is 0 Å². The van der Waals surface area contributed by atoms with Crippen LogP contribution in [0.15, 0.2) is 30.3 Å². The molecule has 1 aromatic carbocycles. The topological polar surface area (TPSA) is 27.7 Å². The van der Waals surface area contributed by atoms with Crippen LogP contribution in [0.25, 0.3) is 0 Å². The Morgan fingerprint density at radius 1 is 1.13 bits per heavy atom. The third-order valence-corrected chi connectivity index (χ3v) is 1.90. The number of ether oxygens (including phenoxy) is 3. The summed E-state index contributed by atoms with van der Waals surface area (Å²) >= 11 is 0. The van der Waals surface area contributed by atoms with E-state index in [0.717, 1.165) is 5.75 Å². The zero-order chi connectivity index (χ0) is 10.9. The van der Waals surface area contributed by atoms with E-state index in [1.54, 1.807) is 7.11 Å². The number of methoxy groups -OCH3 is 1. The van der Waals surface area contributed by atoms with Crippen LogP contribution in [0.3, 0.4) is 0 Å². The molecule has 0 aliphatic carbocycles. The van der Waals surface area contributed by atoms with Gasteiger partial charge in [-0.05, 0) is 19.1 Å². The molecule has 0 aliphatic heterocycles. The Hall–Kier alpha value is -1.06. The van der Waals surface area contributed by atoms with Gasteiger partial charge in [-0.3, -0.25) is 0 Å². The van der Waals surface area contributed by atoms with Crippen LogP contribution < -0.4 is 4.74 Å². The molecule has 1 atom stereocenters. The smallest absolute Gasteiger partial charge is 0.119 e. The molecular formula is C12H18O3. The molecule has 1 aromatic rings. The number of benzene rings is 1. The van der Waals surface area contributed by atoms with Crippen LogP contribution in [0.5, 0.6) is 5.75 Å².